The number of fused-ring (bicyclic) bond motifs is 2. The molecule has 0 atom stereocenters. The van der Waals surface area contributed by atoms with Crippen molar-refractivity contribution < 1.29 is 32.5 Å². The van der Waals surface area contributed by atoms with Gasteiger partial charge in [0, 0.05) is 56.7 Å². The maximum atomic E-state index is 13.6. The van der Waals surface area contributed by atoms with Crippen LogP contribution in [-0.2, 0) is 29.6 Å². The summed E-state index contributed by atoms with van der Waals surface area (Å²) in [6.45, 7) is 6.18. The number of hydrogen-bond acceptors (Lipinski definition) is 5. The highest BCUT2D eigenvalue weighted by atomic mass is 19.4. The van der Waals surface area contributed by atoms with Crippen LogP contribution in [0.5, 0.6) is 5.75 Å². The lowest BCUT2D eigenvalue weighted by atomic mass is 9.81. The fraction of sp³-hybridized carbons (Fsp3) is 0.577. The van der Waals surface area contributed by atoms with Crippen molar-refractivity contribution in [1.82, 2.24) is 14.4 Å². The number of aromatic nitrogens is 1. The number of piperidine rings is 1. The number of aliphatic hydroxyl groups excluding tert-OH is 1. The van der Waals surface area contributed by atoms with E-state index in [4.69, 9.17) is 9.47 Å². The number of amides is 1. The fourth-order valence-electron chi connectivity index (χ4n) is 5.53. The zero-order valence-electron chi connectivity index (χ0n) is 21.0. The van der Waals surface area contributed by atoms with Crippen LogP contribution in [0, 0.1) is 0 Å². The van der Waals surface area contributed by atoms with Crippen LogP contribution >= 0.6 is 0 Å². The molecular formula is C26H34F3N3O4. The molecule has 1 saturated heterocycles. The van der Waals surface area contributed by atoms with Crippen LogP contribution < -0.4 is 4.74 Å². The van der Waals surface area contributed by atoms with E-state index in [1.165, 1.54) is 10.6 Å². The summed E-state index contributed by atoms with van der Waals surface area (Å²) < 4.78 is 53.3. The van der Waals surface area contributed by atoms with Gasteiger partial charge in [-0.1, -0.05) is 0 Å². The monoisotopic (exact) mass is 509 g/mol. The Labute approximate surface area is 209 Å². The van der Waals surface area contributed by atoms with Gasteiger partial charge in [-0.2, -0.15) is 13.2 Å². The van der Waals surface area contributed by atoms with Crippen molar-refractivity contribution in [2.24, 2.45) is 0 Å². The first-order valence-electron chi connectivity index (χ1n) is 12.3. The largest absolute Gasteiger partial charge is 0.491 e. The normalized spacial score (nSPS) is 18.1. The molecule has 1 aromatic carbocycles. The summed E-state index contributed by atoms with van der Waals surface area (Å²) in [5.74, 6) is 0.375. The van der Waals surface area contributed by atoms with Gasteiger partial charge in [0.1, 0.15) is 11.4 Å². The van der Waals surface area contributed by atoms with Gasteiger partial charge in [-0.3, -0.25) is 9.69 Å². The molecule has 0 unspecified atom stereocenters. The summed E-state index contributed by atoms with van der Waals surface area (Å²) in [7, 11) is 1.61. The molecule has 2 aromatic rings. The van der Waals surface area contributed by atoms with E-state index in [0.717, 1.165) is 0 Å². The lowest BCUT2D eigenvalue weighted by molar-refractivity contribution is -0.145. The topological polar surface area (TPSA) is 67.2 Å². The van der Waals surface area contributed by atoms with E-state index in [1.807, 2.05) is 13.8 Å². The SMILES string of the molecule is COCCN1CCn2c(C(F)(F)F)ccc2C12CCN(C(=O)c1ccc(OC(C)C)c(CO)c1)CC2. The van der Waals surface area contributed by atoms with Crippen LogP contribution in [0.25, 0.3) is 0 Å². The number of carbonyl (C=O) groups excluding carboxylic acids is 1. The van der Waals surface area contributed by atoms with Crippen molar-refractivity contribution in [2.75, 3.05) is 39.9 Å². The second-order valence-electron chi connectivity index (χ2n) is 9.70. The Hall–Kier alpha value is -2.56. The number of halogens is 3. The molecule has 198 valence electrons. The number of likely N-dealkylation sites (tertiary alicyclic amines) is 1. The van der Waals surface area contributed by atoms with Crippen molar-refractivity contribution in [3.63, 3.8) is 0 Å². The third-order valence-electron chi connectivity index (χ3n) is 7.23. The molecule has 1 spiro atoms. The summed E-state index contributed by atoms with van der Waals surface area (Å²) in [6, 6.07) is 7.81. The number of hydrogen-bond donors (Lipinski definition) is 1. The summed E-state index contributed by atoms with van der Waals surface area (Å²) in [5.41, 5.74) is 0.429. The van der Waals surface area contributed by atoms with Crippen LogP contribution in [0.1, 0.15) is 54.0 Å². The summed E-state index contributed by atoms with van der Waals surface area (Å²) in [6.07, 6.45) is -3.44. The van der Waals surface area contributed by atoms with E-state index >= 15 is 0 Å². The molecule has 0 bridgehead atoms. The first-order chi connectivity index (χ1) is 17.1. The number of aliphatic hydroxyl groups is 1. The molecule has 1 fully saturated rings. The van der Waals surface area contributed by atoms with Crippen molar-refractivity contribution in [3.8, 4) is 5.75 Å². The van der Waals surface area contributed by atoms with Crippen LogP contribution in [0.4, 0.5) is 13.2 Å². The zero-order chi connectivity index (χ0) is 26.1. The number of carbonyl (C=O) groups is 1. The number of ether oxygens (including phenoxy) is 2. The molecule has 10 heteroatoms. The molecule has 1 N–H and O–H groups in total. The lowest BCUT2D eigenvalue weighted by Crippen LogP contribution is -2.58. The minimum absolute atomic E-state index is 0.0662. The van der Waals surface area contributed by atoms with E-state index in [1.54, 1.807) is 36.3 Å². The number of alkyl halides is 3. The van der Waals surface area contributed by atoms with Crippen molar-refractivity contribution >= 4 is 5.91 Å². The Balaban J connectivity index is 1.57. The number of benzene rings is 1. The second kappa shape index (κ2) is 10.4. The molecule has 7 nitrogen and oxygen atoms in total. The van der Waals surface area contributed by atoms with E-state index in [2.05, 4.69) is 4.90 Å². The van der Waals surface area contributed by atoms with Crippen LogP contribution in [0.2, 0.25) is 0 Å². The molecule has 36 heavy (non-hydrogen) atoms. The van der Waals surface area contributed by atoms with E-state index in [-0.39, 0.29) is 25.2 Å². The average molecular weight is 510 g/mol. The van der Waals surface area contributed by atoms with Gasteiger partial charge in [0.05, 0.1) is 24.9 Å². The quantitative estimate of drug-likeness (QED) is 0.614. The second-order valence-corrected chi connectivity index (χ2v) is 9.70. The predicted octanol–water partition coefficient (Wildman–Crippen LogP) is 3.88. The summed E-state index contributed by atoms with van der Waals surface area (Å²) in [4.78, 5) is 17.3. The van der Waals surface area contributed by atoms with E-state index in [0.29, 0.717) is 68.2 Å². The smallest absolute Gasteiger partial charge is 0.431 e. The molecule has 4 rings (SSSR count). The predicted molar refractivity (Wildman–Crippen MR) is 128 cm³/mol. The van der Waals surface area contributed by atoms with E-state index in [9.17, 15) is 23.1 Å². The van der Waals surface area contributed by atoms with Gasteiger partial charge in [-0.25, -0.2) is 0 Å². The fourth-order valence-corrected chi connectivity index (χ4v) is 5.53. The Morgan fingerprint density at radius 1 is 1.11 bits per heavy atom. The van der Waals surface area contributed by atoms with Crippen LogP contribution in [-0.4, -0.2) is 71.4 Å². The zero-order valence-corrected chi connectivity index (χ0v) is 21.0. The third kappa shape index (κ3) is 4.99. The van der Waals surface area contributed by atoms with Gasteiger partial charge >= 0.3 is 6.18 Å². The maximum Gasteiger partial charge on any atom is 0.431 e. The molecular weight excluding hydrogens is 475 g/mol. The molecule has 0 aliphatic carbocycles. The Morgan fingerprint density at radius 3 is 2.44 bits per heavy atom. The highest BCUT2D eigenvalue weighted by molar-refractivity contribution is 5.94. The summed E-state index contributed by atoms with van der Waals surface area (Å²) in [5, 5.41) is 9.76. The third-order valence-corrected chi connectivity index (χ3v) is 7.23. The Kier molecular flexibility index (Phi) is 7.68. The van der Waals surface area contributed by atoms with Crippen molar-refractivity contribution in [3.05, 3.63) is 52.8 Å². The number of methoxy groups -OCH3 is 1. The molecule has 2 aliphatic heterocycles. The Morgan fingerprint density at radius 2 is 1.83 bits per heavy atom. The van der Waals surface area contributed by atoms with Crippen LogP contribution in [0.3, 0.4) is 0 Å². The number of nitrogens with zero attached hydrogens (tertiary/aromatic N) is 3. The Bertz CT molecular complexity index is 1070. The van der Waals surface area contributed by atoms with Gasteiger partial charge in [0.25, 0.3) is 5.91 Å². The first kappa shape index (κ1) is 26.5. The molecule has 3 heterocycles. The molecule has 2 aliphatic rings. The van der Waals surface area contributed by atoms with Crippen LogP contribution in [0.15, 0.2) is 30.3 Å². The minimum atomic E-state index is -4.42. The molecule has 0 radical (unpaired) electrons. The standard InChI is InChI=1S/C26H34F3N3O4/c1-18(2)36-21-5-4-19(16-20(21)17-33)24(34)30-10-8-25(9-11-30)22-6-7-23(26(27,28)29)32(22)13-12-31(25)14-15-35-3/h4-7,16,18,33H,8-15,17H2,1-3H3. The van der Waals surface area contributed by atoms with Gasteiger partial charge in [-0.15, -0.1) is 0 Å². The molecule has 0 saturated carbocycles. The lowest BCUT2D eigenvalue weighted by Gasteiger charge is -2.52. The molecule has 1 aromatic heterocycles. The van der Waals surface area contributed by atoms with Gasteiger partial charge in [-0.05, 0) is 57.0 Å². The van der Waals surface area contributed by atoms with Crippen molar-refractivity contribution in [2.45, 2.75) is 57.7 Å². The minimum Gasteiger partial charge on any atom is -0.491 e. The van der Waals surface area contributed by atoms with Gasteiger partial charge in [0.2, 0.25) is 0 Å². The number of rotatable bonds is 7. The highest BCUT2D eigenvalue weighted by Gasteiger charge is 2.48. The maximum absolute atomic E-state index is 13.6. The average Bonchev–Trinajstić information content (AvgIpc) is 3.30. The van der Waals surface area contributed by atoms with Gasteiger partial charge in [0.15, 0.2) is 0 Å². The van der Waals surface area contributed by atoms with Gasteiger partial charge < -0.3 is 24.0 Å². The molecule has 1 amide bonds. The van der Waals surface area contributed by atoms with E-state index < -0.39 is 17.4 Å². The van der Waals surface area contributed by atoms with Crippen molar-refractivity contribution in [1.29, 1.82) is 0 Å². The highest BCUT2D eigenvalue weighted by Crippen LogP contribution is 2.44. The first-order valence-corrected chi connectivity index (χ1v) is 12.3. The summed E-state index contributed by atoms with van der Waals surface area (Å²) >= 11 is 0.